The third-order valence-corrected chi connectivity index (χ3v) is 3.37. The van der Waals surface area contributed by atoms with Crippen LogP contribution in [-0.2, 0) is 22.6 Å². The molecule has 6 heteroatoms. The molecule has 6 nitrogen and oxygen atoms in total. The smallest absolute Gasteiger partial charge is 0.307 e. The number of rotatable bonds is 7. The van der Waals surface area contributed by atoms with Crippen LogP contribution < -0.4 is 0 Å². The van der Waals surface area contributed by atoms with Gasteiger partial charge in [0.25, 0.3) is 0 Å². The van der Waals surface area contributed by atoms with Gasteiger partial charge in [-0.25, -0.2) is 0 Å². The zero-order chi connectivity index (χ0) is 16.2. The Bertz CT molecular complexity index is 489. The van der Waals surface area contributed by atoms with Crippen LogP contribution in [-0.4, -0.2) is 52.1 Å². The molecule has 0 saturated carbocycles. The third kappa shape index (κ3) is 5.47. The number of carbonyl (C=O) groups is 1. The van der Waals surface area contributed by atoms with Gasteiger partial charge in [-0.15, -0.1) is 0 Å². The van der Waals surface area contributed by atoms with E-state index in [-0.39, 0.29) is 5.97 Å². The van der Waals surface area contributed by atoms with Gasteiger partial charge < -0.3 is 9.84 Å². The van der Waals surface area contributed by atoms with Crippen molar-refractivity contribution in [2.45, 2.75) is 52.8 Å². The lowest BCUT2D eigenvalue weighted by molar-refractivity contribution is -0.140. The van der Waals surface area contributed by atoms with Crippen LogP contribution in [0.2, 0.25) is 0 Å². The summed E-state index contributed by atoms with van der Waals surface area (Å²) < 4.78 is 6.50. The van der Waals surface area contributed by atoms with E-state index >= 15 is 0 Å². The third-order valence-electron chi connectivity index (χ3n) is 3.37. The van der Waals surface area contributed by atoms with Gasteiger partial charge in [0.1, 0.15) is 0 Å². The van der Waals surface area contributed by atoms with Gasteiger partial charge in [-0.1, -0.05) is 0 Å². The van der Waals surface area contributed by atoms with Crippen LogP contribution in [0, 0.1) is 13.8 Å². The van der Waals surface area contributed by atoms with E-state index < -0.39 is 5.60 Å². The van der Waals surface area contributed by atoms with E-state index in [1.807, 2.05) is 25.6 Å². The van der Waals surface area contributed by atoms with Crippen molar-refractivity contribution in [3.05, 3.63) is 17.0 Å². The number of likely N-dealkylation sites (N-methyl/N-ethyl adjacent to an activating group) is 1. The highest BCUT2D eigenvalue weighted by molar-refractivity contribution is 5.68. The molecule has 0 radical (unpaired) electrons. The molecule has 21 heavy (non-hydrogen) atoms. The van der Waals surface area contributed by atoms with E-state index in [4.69, 9.17) is 0 Å². The molecule has 1 heterocycles. The zero-order valence-corrected chi connectivity index (χ0v) is 13.9. The molecule has 0 aromatic carbocycles. The van der Waals surface area contributed by atoms with Gasteiger partial charge in [-0.2, -0.15) is 5.10 Å². The van der Waals surface area contributed by atoms with Gasteiger partial charge in [0, 0.05) is 24.3 Å². The predicted molar refractivity (Wildman–Crippen MR) is 81.0 cm³/mol. The van der Waals surface area contributed by atoms with Gasteiger partial charge in [-0.3, -0.25) is 14.4 Å². The summed E-state index contributed by atoms with van der Waals surface area (Å²) in [5, 5.41) is 14.4. The van der Waals surface area contributed by atoms with Gasteiger partial charge >= 0.3 is 5.97 Å². The lowest BCUT2D eigenvalue weighted by atomic mass is 10.1. The number of aryl methyl sites for hydroxylation is 2. The van der Waals surface area contributed by atoms with Crippen molar-refractivity contribution in [2.24, 2.45) is 0 Å². The number of esters is 1. The zero-order valence-electron chi connectivity index (χ0n) is 13.9. The Balaban J connectivity index is 2.75. The normalized spacial score (nSPS) is 12.0. The van der Waals surface area contributed by atoms with E-state index in [1.54, 1.807) is 13.8 Å². The second kappa shape index (κ2) is 7.04. The van der Waals surface area contributed by atoms with E-state index in [0.717, 1.165) is 23.5 Å². The van der Waals surface area contributed by atoms with E-state index in [0.29, 0.717) is 19.5 Å². The standard InChI is InChI=1S/C15H27N3O3/c1-11-13(9-17(5)10-15(3,4)20)12(2)18(16-11)8-7-14(19)21-6/h20H,7-10H2,1-6H3. The molecular weight excluding hydrogens is 270 g/mol. The van der Waals surface area contributed by atoms with Gasteiger partial charge in [0.05, 0.1) is 31.4 Å². The van der Waals surface area contributed by atoms with Crippen molar-refractivity contribution in [3.63, 3.8) is 0 Å². The first-order valence-electron chi connectivity index (χ1n) is 7.14. The van der Waals surface area contributed by atoms with Crippen molar-refractivity contribution < 1.29 is 14.6 Å². The monoisotopic (exact) mass is 297 g/mol. The first-order chi connectivity index (χ1) is 9.64. The molecule has 1 aromatic rings. The maximum Gasteiger partial charge on any atom is 0.307 e. The molecule has 0 spiro atoms. The average Bonchev–Trinajstić information content (AvgIpc) is 2.61. The fourth-order valence-electron chi connectivity index (χ4n) is 2.47. The van der Waals surface area contributed by atoms with Crippen molar-refractivity contribution in [2.75, 3.05) is 20.7 Å². The molecule has 0 aliphatic carbocycles. The SMILES string of the molecule is COC(=O)CCn1nc(C)c(CN(C)CC(C)(C)O)c1C. The molecular formula is C15H27N3O3. The summed E-state index contributed by atoms with van der Waals surface area (Å²) in [6.07, 6.45) is 0.317. The molecule has 1 rings (SSSR count). The minimum absolute atomic E-state index is 0.233. The highest BCUT2D eigenvalue weighted by atomic mass is 16.5. The molecule has 0 unspecified atom stereocenters. The van der Waals surface area contributed by atoms with Crippen LogP contribution in [0.1, 0.15) is 37.2 Å². The van der Waals surface area contributed by atoms with Crippen LogP contribution in [0.25, 0.3) is 0 Å². The summed E-state index contributed by atoms with van der Waals surface area (Å²) in [7, 11) is 3.36. The molecule has 0 aliphatic heterocycles. The number of ether oxygens (including phenoxy) is 1. The summed E-state index contributed by atoms with van der Waals surface area (Å²) in [4.78, 5) is 13.3. The maximum absolute atomic E-state index is 11.2. The molecule has 120 valence electrons. The predicted octanol–water partition coefficient (Wildman–Crippen LogP) is 1.27. The molecule has 0 saturated heterocycles. The van der Waals surface area contributed by atoms with Gasteiger partial charge in [-0.05, 0) is 34.7 Å². The summed E-state index contributed by atoms with van der Waals surface area (Å²) in [5.74, 6) is -0.233. The number of aliphatic hydroxyl groups is 1. The number of hydrogen-bond acceptors (Lipinski definition) is 5. The summed E-state index contributed by atoms with van der Waals surface area (Å²) in [6.45, 7) is 9.39. The second-order valence-electron chi connectivity index (χ2n) is 6.18. The van der Waals surface area contributed by atoms with Crippen LogP contribution in [0.15, 0.2) is 0 Å². The topological polar surface area (TPSA) is 67.6 Å². The van der Waals surface area contributed by atoms with Crippen LogP contribution in [0.4, 0.5) is 0 Å². The Labute approximate surface area is 126 Å². The Morgan fingerprint density at radius 1 is 1.43 bits per heavy atom. The number of nitrogens with zero attached hydrogens (tertiary/aromatic N) is 3. The van der Waals surface area contributed by atoms with Crippen molar-refractivity contribution >= 4 is 5.97 Å². The summed E-state index contributed by atoms with van der Waals surface area (Å²) in [5.41, 5.74) is 2.43. The fraction of sp³-hybridized carbons (Fsp3) is 0.733. The Morgan fingerprint density at radius 2 is 2.05 bits per heavy atom. The molecule has 0 fully saturated rings. The Hall–Kier alpha value is -1.40. The van der Waals surface area contributed by atoms with Gasteiger partial charge in [0.2, 0.25) is 0 Å². The molecule has 0 atom stereocenters. The number of hydrogen-bond donors (Lipinski definition) is 1. The molecule has 1 aromatic heterocycles. The highest BCUT2D eigenvalue weighted by Gasteiger charge is 2.19. The van der Waals surface area contributed by atoms with Crippen molar-refractivity contribution in [1.29, 1.82) is 0 Å². The number of carbonyl (C=O) groups excluding carboxylic acids is 1. The Morgan fingerprint density at radius 3 is 2.57 bits per heavy atom. The minimum atomic E-state index is -0.725. The van der Waals surface area contributed by atoms with Crippen molar-refractivity contribution in [3.8, 4) is 0 Å². The maximum atomic E-state index is 11.2. The van der Waals surface area contributed by atoms with E-state index in [2.05, 4.69) is 14.7 Å². The first-order valence-corrected chi connectivity index (χ1v) is 7.14. The summed E-state index contributed by atoms with van der Waals surface area (Å²) in [6, 6.07) is 0. The van der Waals surface area contributed by atoms with Crippen LogP contribution in [0.3, 0.4) is 0 Å². The lowest BCUT2D eigenvalue weighted by Gasteiger charge is -2.25. The average molecular weight is 297 g/mol. The molecule has 0 bridgehead atoms. The summed E-state index contributed by atoms with van der Waals surface area (Å²) >= 11 is 0. The fourth-order valence-corrected chi connectivity index (χ4v) is 2.47. The van der Waals surface area contributed by atoms with E-state index in [1.165, 1.54) is 7.11 Å². The number of aromatic nitrogens is 2. The molecule has 1 N–H and O–H groups in total. The quantitative estimate of drug-likeness (QED) is 0.768. The van der Waals surface area contributed by atoms with Crippen LogP contribution in [0.5, 0.6) is 0 Å². The van der Waals surface area contributed by atoms with E-state index in [9.17, 15) is 9.90 Å². The lowest BCUT2D eigenvalue weighted by Crippen LogP contribution is -2.36. The van der Waals surface area contributed by atoms with Crippen molar-refractivity contribution in [1.82, 2.24) is 14.7 Å². The number of methoxy groups -OCH3 is 1. The largest absolute Gasteiger partial charge is 0.469 e. The Kier molecular flexibility index (Phi) is 5.92. The second-order valence-corrected chi connectivity index (χ2v) is 6.18. The molecule has 0 amide bonds. The first kappa shape index (κ1) is 17.7. The van der Waals surface area contributed by atoms with Crippen LogP contribution >= 0.6 is 0 Å². The van der Waals surface area contributed by atoms with Gasteiger partial charge in [0.15, 0.2) is 0 Å². The highest BCUT2D eigenvalue weighted by Crippen LogP contribution is 2.16. The molecule has 0 aliphatic rings. The minimum Gasteiger partial charge on any atom is -0.469 e.